The first-order chi connectivity index (χ1) is 9.63. The van der Waals surface area contributed by atoms with Crippen LogP contribution in [0.3, 0.4) is 0 Å². The van der Waals surface area contributed by atoms with Crippen molar-refractivity contribution in [2.45, 2.75) is 26.8 Å². The molecule has 0 saturated heterocycles. The molecule has 3 N–H and O–H groups in total. The zero-order chi connectivity index (χ0) is 14.5. The lowest BCUT2D eigenvalue weighted by atomic mass is 10.1. The van der Waals surface area contributed by atoms with E-state index in [1.807, 2.05) is 39.1 Å². The number of hydrogen-bond acceptors (Lipinski definition) is 3. The van der Waals surface area contributed by atoms with Gasteiger partial charge in [0, 0.05) is 23.5 Å². The number of aromatic nitrogens is 1. The van der Waals surface area contributed by atoms with Crippen molar-refractivity contribution in [1.29, 1.82) is 0 Å². The van der Waals surface area contributed by atoms with Gasteiger partial charge in [-0.25, -0.2) is 0 Å². The molecule has 1 aromatic carbocycles. The van der Waals surface area contributed by atoms with Crippen molar-refractivity contribution >= 4 is 11.4 Å². The Morgan fingerprint density at radius 1 is 1.25 bits per heavy atom. The third kappa shape index (κ3) is 3.27. The maximum absolute atomic E-state index is 11.7. The third-order valence-electron chi connectivity index (χ3n) is 3.28. The van der Waals surface area contributed by atoms with Gasteiger partial charge in [-0.3, -0.25) is 4.79 Å². The predicted octanol–water partition coefficient (Wildman–Crippen LogP) is 2.71. The summed E-state index contributed by atoms with van der Waals surface area (Å²) in [5, 5.41) is 6.51. The standard InChI is InChI=1S/C16H21N3O/c1-4-13-9-15(11(2)18-16(13)20)19-14-7-5-6-12(8-14)10-17-3/h5-9,17,19H,4,10H2,1-3H3,(H,18,20). The molecule has 2 aromatic rings. The van der Waals surface area contributed by atoms with Crippen LogP contribution in [0.4, 0.5) is 11.4 Å². The van der Waals surface area contributed by atoms with Crippen molar-refractivity contribution in [3.63, 3.8) is 0 Å². The normalized spacial score (nSPS) is 10.6. The summed E-state index contributed by atoms with van der Waals surface area (Å²) in [5.74, 6) is 0. The van der Waals surface area contributed by atoms with Gasteiger partial charge in [0.1, 0.15) is 0 Å². The minimum atomic E-state index is -0.000478. The van der Waals surface area contributed by atoms with Crippen molar-refractivity contribution in [3.05, 3.63) is 57.5 Å². The molecule has 0 fully saturated rings. The molecule has 4 heteroatoms. The van der Waals surface area contributed by atoms with Gasteiger partial charge in [-0.15, -0.1) is 0 Å². The van der Waals surface area contributed by atoms with Crippen LogP contribution in [0.2, 0.25) is 0 Å². The van der Waals surface area contributed by atoms with Gasteiger partial charge in [0.15, 0.2) is 0 Å². The van der Waals surface area contributed by atoms with E-state index in [2.05, 4.69) is 27.8 Å². The number of aryl methyl sites for hydroxylation is 2. The number of benzene rings is 1. The molecular formula is C16H21N3O. The number of rotatable bonds is 5. The summed E-state index contributed by atoms with van der Waals surface area (Å²) < 4.78 is 0. The fourth-order valence-corrected chi connectivity index (χ4v) is 2.18. The molecule has 0 aliphatic rings. The molecule has 1 heterocycles. The Balaban J connectivity index is 2.29. The van der Waals surface area contributed by atoms with E-state index >= 15 is 0 Å². The van der Waals surface area contributed by atoms with Crippen molar-refractivity contribution in [3.8, 4) is 0 Å². The highest BCUT2D eigenvalue weighted by molar-refractivity contribution is 5.62. The van der Waals surface area contributed by atoms with E-state index in [1.165, 1.54) is 5.56 Å². The molecule has 106 valence electrons. The second-order valence-electron chi connectivity index (χ2n) is 4.87. The van der Waals surface area contributed by atoms with Crippen LogP contribution < -0.4 is 16.2 Å². The molecule has 1 aromatic heterocycles. The Labute approximate surface area is 119 Å². The summed E-state index contributed by atoms with van der Waals surface area (Å²) in [6, 6.07) is 10.2. The molecule has 0 atom stereocenters. The molecule has 0 bridgehead atoms. The summed E-state index contributed by atoms with van der Waals surface area (Å²) in [5.41, 5.74) is 4.84. The first-order valence-electron chi connectivity index (χ1n) is 6.87. The molecule has 0 aliphatic heterocycles. The Kier molecular flexibility index (Phi) is 4.58. The van der Waals surface area contributed by atoms with E-state index < -0.39 is 0 Å². The fourth-order valence-electron chi connectivity index (χ4n) is 2.18. The topological polar surface area (TPSA) is 56.9 Å². The highest BCUT2D eigenvalue weighted by atomic mass is 16.1. The molecule has 0 spiro atoms. The highest BCUT2D eigenvalue weighted by Crippen LogP contribution is 2.20. The summed E-state index contributed by atoms with van der Waals surface area (Å²) >= 11 is 0. The van der Waals surface area contributed by atoms with Gasteiger partial charge in [-0.1, -0.05) is 19.1 Å². The van der Waals surface area contributed by atoms with Crippen LogP contribution in [-0.2, 0) is 13.0 Å². The van der Waals surface area contributed by atoms with Crippen LogP contribution in [0.1, 0.15) is 23.7 Å². The molecule has 20 heavy (non-hydrogen) atoms. The Morgan fingerprint density at radius 2 is 2.05 bits per heavy atom. The van der Waals surface area contributed by atoms with Crippen LogP contribution in [0.5, 0.6) is 0 Å². The zero-order valence-corrected chi connectivity index (χ0v) is 12.2. The van der Waals surface area contributed by atoms with Crippen molar-refractivity contribution in [2.24, 2.45) is 0 Å². The van der Waals surface area contributed by atoms with Crippen molar-refractivity contribution in [1.82, 2.24) is 10.3 Å². The lowest BCUT2D eigenvalue weighted by molar-refractivity contribution is 0.818. The van der Waals surface area contributed by atoms with E-state index in [1.54, 1.807) is 0 Å². The molecule has 0 unspecified atom stereocenters. The number of nitrogens with one attached hydrogen (secondary N) is 3. The molecule has 4 nitrogen and oxygen atoms in total. The highest BCUT2D eigenvalue weighted by Gasteiger charge is 2.05. The van der Waals surface area contributed by atoms with Gasteiger partial charge in [-0.05, 0) is 44.2 Å². The third-order valence-corrected chi connectivity index (χ3v) is 3.28. The van der Waals surface area contributed by atoms with Crippen molar-refractivity contribution < 1.29 is 0 Å². The molecule has 0 aliphatic carbocycles. The van der Waals surface area contributed by atoms with E-state index in [-0.39, 0.29) is 5.56 Å². The maximum Gasteiger partial charge on any atom is 0.251 e. The van der Waals surface area contributed by atoms with Gasteiger partial charge in [-0.2, -0.15) is 0 Å². The zero-order valence-electron chi connectivity index (χ0n) is 12.2. The van der Waals surface area contributed by atoms with Crippen LogP contribution in [0.25, 0.3) is 0 Å². The van der Waals surface area contributed by atoms with E-state index in [0.717, 1.165) is 35.6 Å². The molecule has 0 saturated carbocycles. The SMILES string of the molecule is CCc1cc(Nc2cccc(CNC)c2)c(C)[nH]c1=O. The molecule has 2 rings (SSSR count). The lowest BCUT2D eigenvalue weighted by Gasteiger charge is -2.12. The number of hydrogen-bond donors (Lipinski definition) is 3. The quantitative estimate of drug-likeness (QED) is 0.783. The number of anilines is 2. The number of aromatic amines is 1. The summed E-state index contributed by atoms with van der Waals surface area (Å²) in [6.07, 6.45) is 0.726. The lowest BCUT2D eigenvalue weighted by Crippen LogP contribution is -2.14. The van der Waals surface area contributed by atoms with Crippen LogP contribution >= 0.6 is 0 Å². The summed E-state index contributed by atoms with van der Waals surface area (Å²) in [4.78, 5) is 14.6. The molecule has 0 amide bonds. The Hall–Kier alpha value is -2.07. The van der Waals surface area contributed by atoms with E-state index in [0.29, 0.717) is 0 Å². The first-order valence-corrected chi connectivity index (χ1v) is 6.87. The Bertz CT molecular complexity index is 646. The minimum Gasteiger partial charge on any atom is -0.354 e. The van der Waals surface area contributed by atoms with Gasteiger partial charge < -0.3 is 15.6 Å². The maximum atomic E-state index is 11.7. The number of pyridine rings is 1. The first kappa shape index (κ1) is 14.3. The second kappa shape index (κ2) is 6.39. The second-order valence-corrected chi connectivity index (χ2v) is 4.87. The van der Waals surface area contributed by atoms with Crippen molar-refractivity contribution in [2.75, 3.05) is 12.4 Å². The predicted molar refractivity (Wildman–Crippen MR) is 83.7 cm³/mol. The molecule has 0 radical (unpaired) electrons. The fraction of sp³-hybridized carbons (Fsp3) is 0.312. The van der Waals surface area contributed by atoms with Gasteiger partial charge in [0.2, 0.25) is 0 Å². The van der Waals surface area contributed by atoms with E-state index in [4.69, 9.17) is 0 Å². The average Bonchev–Trinajstić information content (AvgIpc) is 2.43. The van der Waals surface area contributed by atoms with Crippen LogP contribution in [0.15, 0.2) is 35.1 Å². The monoisotopic (exact) mass is 271 g/mol. The van der Waals surface area contributed by atoms with E-state index in [9.17, 15) is 4.79 Å². The Morgan fingerprint density at radius 3 is 2.75 bits per heavy atom. The smallest absolute Gasteiger partial charge is 0.251 e. The number of H-pyrrole nitrogens is 1. The van der Waals surface area contributed by atoms with Crippen LogP contribution in [0, 0.1) is 6.92 Å². The van der Waals surface area contributed by atoms with Gasteiger partial charge >= 0.3 is 0 Å². The largest absolute Gasteiger partial charge is 0.354 e. The molecular weight excluding hydrogens is 250 g/mol. The van der Waals surface area contributed by atoms with Gasteiger partial charge in [0.25, 0.3) is 5.56 Å². The average molecular weight is 271 g/mol. The summed E-state index contributed by atoms with van der Waals surface area (Å²) in [7, 11) is 1.93. The summed E-state index contributed by atoms with van der Waals surface area (Å²) in [6.45, 7) is 4.72. The van der Waals surface area contributed by atoms with Gasteiger partial charge in [0.05, 0.1) is 5.69 Å². The minimum absolute atomic E-state index is 0.000478. The van der Waals surface area contributed by atoms with Crippen LogP contribution in [-0.4, -0.2) is 12.0 Å².